The average Bonchev–Trinajstić information content (AvgIpc) is 2.71. The molecule has 2 aromatic carbocycles. The number of fused-ring (bicyclic) bond motifs is 1. The van der Waals surface area contributed by atoms with Crippen molar-refractivity contribution in [1.82, 2.24) is 0 Å². The molecule has 0 saturated carbocycles. The van der Waals surface area contributed by atoms with Gasteiger partial charge in [0.1, 0.15) is 16.7 Å². The third kappa shape index (κ3) is 3.02. The van der Waals surface area contributed by atoms with E-state index in [0.29, 0.717) is 22.8 Å². The summed E-state index contributed by atoms with van der Waals surface area (Å²) in [6.07, 6.45) is 0. The van der Waals surface area contributed by atoms with E-state index in [-0.39, 0.29) is 39.4 Å². The van der Waals surface area contributed by atoms with Gasteiger partial charge in [0.15, 0.2) is 28.4 Å². The van der Waals surface area contributed by atoms with Crippen LogP contribution in [0.1, 0.15) is 0 Å². The molecule has 1 N–H and O–H groups in total. The zero-order chi connectivity index (χ0) is 20.4. The summed E-state index contributed by atoms with van der Waals surface area (Å²) in [4.78, 5) is 12.8. The fourth-order valence-electron chi connectivity index (χ4n) is 3.01. The number of phenolic OH excluding ortho intramolecular Hbond substituents is 1. The van der Waals surface area contributed by atoms with Gasteiger partial charge >= 0.3 is 0 Å². The van der Waals surface area contributed by atoms with Crippen molar-refractivity contribution < 1.29 is 33.2 Å². The first-order valence-electron chi connectivity index (χ1n) is 8.21. The van der Waals surface area contributed by atoms with Gasteiger partial charge in [-0.15, -0.1) is 0 Å². The predicted octanol–water partition coefficient (Wildman–Crippen LogP) is 3.21. The van der Waals surface area contributed by atoms with Gasteiger partial charge < -0.3 is 33.2 Å². The Labute approximate surface area is 160 Å². The van der Waals surface area contributed by atoms with Crippen LogP contribution in [0.25, 0.3) is 22.3 Å². The molecule has 8 heteroatoms. The van der Waals surface area contributed by atoms with Gasteiger partial charge in [-0.05, 0) is 12.1 Å². The SMILES string of the molecule is COc1cc(-c2cc(=O)c3c(OC)c(OC)c(O)cc3o2)cc(OC)c1OC. The molecule has 0 aliphatic rings. The van der Waals surface area contributed by atoms with Crippen LogP contribution in [0.15, 0.2) is 33.5 Å². The number of aromatic hydroxyl groups is 1. The molecule has 0 unspecified atom stereocenters. The predicted molar refractivity (Wildman–Crippen MR) is 102 cm³/mol. The van der Waals surface area contributed by atoms with Gasteiger partial charge in [-0.25, -0.2) is 0 Å². The Bertz CT molecular complexity index is 1060. The molecular formula is C20H20O8. The highest BCUT2D eigenvalue weighted by molar-refractivity contribution is 5.90. The fourth-order valence-corrected chi connectivity index (χ4v) is 3.01. The molecule has 3 aromatic rings. The second-order valence-electron chi connectivity index (χ2n) is 5.72. The summed E-state index contributed by atoms with van der Waals surface area (Å²) in [6.45, 7) is 0. The maximum absolute atomic E-state index is 12.8. The van der Waals surface area contributed by atoms with E-state index in [1.165, 1.54) is 47.7 Å². The molecule has 28 heavy (non-hydrogen) atoms. The van der Waals surface area contributed by atoms with Crippen LogP contribution >= 0.6 is 0 Å². The van der Waals surface area contributed by atoms with Gasteiger partial charge in [-0.3, -0.25) is 4.79 Å². The van der Waals surface area contributed by atoms with Crippen LogP contribution in [-0.2, 0) is 0 Å². The highest BCUT2D eigenvalue weighted by atomic mass is 16.5. The van der Waals surface area contributed by atoms with E-state index in [0.717, 1.165) is 0 Å². The van der Waals surface area contributed by atoms with Crippen LogP contribution in [0.4, 0.5) is 0 Å². The summed E-state index contributed by atoms with van der Waals surface area (Å²) >= 11 is 0. The third-order valence-electron chi connectivity index (χ3n) is 4.27. The molecule has 0 aliphatic carbocycles. The molecule has 0 spiro atoms. The van der Waals surface area contributed by atoms with Gasteiger partial charge in [0, 0.05) is 17.7 Å². The fraction of sp³-hybridized carbons (Fsp3) is 0.250. The van der Waals surface area contributed by atoms with E-state index >= 15 is 0 Å². The monoisotopic (exact) mass is 388 g/mol. The van der Waals surface area contributed by atoms with E-state index < -0.39 is 0 Å². The molecule has 1 heterocycles. The van der Waals surface area contributed by atoms with Crippen LogP contribution in [0.2, 0.25) is 0 Å². The lowest BCUT2D eigenvalue weighted by Gasteiger charge is -2.15. The van der Waals surface area contributed by atoms with Crippen molar-refractivity contribution in [2.45, 2.75) is 0 Å². The number of methoxy groups -OCH3 is 5. The van der Waals surface area contributed by atoms with Crippen molar-refractivity contribution in [3.63, 3.8) is 0 Å². The first kappa shape index (κ1) is 19.2. The summed E-state index contributed by atoms with van der Waals surface area (Å²) in [5.41, 5.74) is 0.314. The molecule has 0 amide bonds. The highest BCUT2D eigenvalue weighted by Crippen LogP contribution is 2.44. The lowest BCUT2D eigenvalue weighted by atomic mass is 10.1. The molecule has 0 saturated heterocycles. The van der Waals surface area contributed by atoms with E-state index in [9.17, 15) is 9.90 Å². The molecule has 0 radical (unpaired) electrons. The van der Waals surface area contributed by atoms with Crippen molar-refractivity contribution in [2.75, 3.05) is 35.5 Å². The van der Waals surface area contributed by atoms with Gasteiger partial charge in [0.05, 0.1) is 35.5 Å². The van der Waals surface area contributed by atoms with Crippen molar-refractivity contribution in [3.05, 3.63) is 34.5 Å². The topological polar surface area (TPSA) is 96.6 Å². The van der Waals surface area contributed by atoms with Gasteiger partial charge in [0.2, 0.25) is 11.5 Å². The van der Waals surface area contributed by atoms with Crippen LogP contribution < -0.4 is 29.1 Å². The Balaban J connectivity index is 2.30. The Morgan fingerprint density at radius 3 is 1.82 bits per heavy atom. The molecule has 148 valence electrons. The molecule has 8 nitrogen and oxygen atoms in total. The second kappa shape index (κ2) is 7.59. The number of ether oxygens (including phenoxy) is 5. The summed E-state index contributed by atoms with van der Waals surface area (Å²) in [5, 5.41) is 10.3. The molecule has 0 bridgehead atoms. The Morgan fingerprint density at radius 1 is 0.750 bits per heavy atom. The minimum Gasteiger partial charge on any atom is -0.504 e. The second-order valence-corrected chi connectivity index (χ2v) is 5.72. The third-order valence-corrected chi connectivity index (χ3v) is 4.27. The average molecular weight is 388 g/mol. The zero-order valence-electron chi connectivity index (χ0n) is 16.1. The smallest absolute Gasteiger partial charge is 0.204 e. The number of hydrogen-bond acceptors (Lipinski definition) is 8. The standard InChI is InChI=1S/C20H20O8/c1-23-15-6-10(7-16(24-2)19(15)26-4)13-8-11(21)17-14(28-13)9-12(22)18(25-3)20(17)27-5/h6-9,22H,1-5H3. The number of rotatable bonds is 6. The Morgan fingerprint density at radius 2 is 1.32 bits per heavy atom. The Kier molecular flexibility index (Phi) is 5.21. The summed E-state index contributed by atoms with van der Waals surface area (Å²) in [6, 6.07) is 5.94. The maximum Gasteiger partial charge on any atom is 0.204 e. The van der Waals surface area contributed by atoms with E-state index in [1.807, 2.05) is 0 Å². The van der Waals surface area contributed by atoms with Crippen LogP contribution in [0.5, 0.6) is 34.5 Å². The van der Waals surface area contributed by atoms with Crippen molar-refractivity contribution in [3.8, 4) is 45.8 Å². The van der Waals surface area contributed by atoms with Crippen LogP contribution in [-0.4, -0.2) is 40.7 Å². The van der Waals surface area contributed by atoms with Crippen molar-refractivity contribution in [1.29, 1.82) is 0 Å². The molecule has 0 fully saturated rings. The maximum atomic E-state index is 12.8. The van der Waals surface area contributed by atoms with Gasteiger partial charge in [-0.2, -0.15) is 0 Å². The van der Waals surface area contributed by atoms with E-state index in [1.54, 1.807) is 12.1 Å². The molecular weight excluding hydrogens is 368 g/mol. The van der Waals surface area contributed by atoms with Crippen molar-refractivity contribution in [2.24, 2.45) is 0 Å². The first-order valence-corrected chi connectivity index (χ1v) is 8.21. The summed E-state index contributed by atoms with van der Waals surface area (Å²) in [5.74, 6) is 1.44. The molecule has 3 rings (SSSR count). The quantitative estimate of drug-likeness (QED) is 0.688. The largest absolute Gasteiger partial charge is 0.504 e. The first-order chi connectivity index (χ1) is 13.5. The lowest BCUT2D eigenvalue weighted by Crippen LogP contribution is -2.04. The summed E-state index contributed by atoms with van der Waals surface area (Å²) < 4.78 is 32.3. The van der Waals surface area contributed by atoms with Gasteiger partial charge in [0.25, 0.3) is 0 Å². The van der Waals surface area contributed by atoms with Crippen molar-refractivity contribution >= 4 is 11.0 Å². The van der Waals surface area contributed by atoms with E-state index in [4.69, 9.17) is 28.1 Å². The normalized spacial score (nSPS) is 10.6. The lowest BCUT2D eigenvalue weighted by molar-refractivity contribution is 0.324. The minimum absolute atomic E-state index is 0.0582. The van der Waals surface area contributed by atoms with E-state index in [2.05, 4.69) is 0 Å². The molecule has 0 aliphatic heterocycles. The zero-order valence-corrected chi connectivity index (χ0v) is 16.1. The number of benzene rings is 2. The highest BCUT2D eigenvalue weighted by Gasteiger charge is 2.21. The number of hydrogen-bond donors (Lipinski definition) is 1. The number of phenols is 1. The molecule has 1 aromatic heterocycles. The minimum atomic E-state index is -0.361. The van der Waals surface area contributed by atoms with Crippen LogP contribution in [0.3, 0.4) is 0 Å². The molecule has 0 atom stereocenters. The van der Waals surface area contributed by atoms with Gasteiger partial charge in [-0.1, -0.05) is 0 Å². The van der Waals surface area contributed by atoms with Crippen LogP contribution in [0, 0.1) is 0 Å². The summed E-state index contributed by atoms with van der Waals surface area (Å²) in [7, 11) is 7.23. The Hall–Kier alpha value is -3.55.